The van der Waals surface area contributed by atoms with Crippen LogP contribution in [0, 0.1) is 0 Å². The Morgan fingerprint density at radius 3 is 1.80 bits per heavy atom. The van der Waals surface area contributed by atoms with Crippen molar-refractivity contribution in [1.82, 2.24) is 0 Å². The van der Waals surface area contributed by atoms with E-state index in [0.29, 0.717) is 0 Å². The summed E-state index contributed by atoms with van der Waals surface area (Å²) in [4.78, 5) is 4.75. The molecule has 10 heavy (non-hydrogen) atoms. The summed E-state index contributed by atoms with van der Waals surface area (Å²) in [5, 5.41) is 0. The molecule has 0 N–H and O–H groups in total. The van der Waals surface area contributed by atoms with Crippen LogP contribution in [0.2, 0.25) is 9.94 Å². The molecule has 0 aromatic heterocycles. The van der Waals surface area contributed by atoms with E-state index in [1.807, 2.05) is 0 Å². The number of rotatable bonds is 1. The van der Waals surface area contributed by atoms with Crippen LogP contribution in [0.5, 0.6) is 0 Å². The summed E-state index contributed by atoms with van der Waals surface area (Å²) in [5.41, 5.74) is 0. The smallest absolute Gasteiger partial charge is 1.00 e. The maximum Gasteiger partial charge on any atom is -1.00 e. The number of hydrogen-bond donors (Lipinski definition) is 0. The van der Waals surface area contributed by atoms with Gasteiger partial charge in [0.15, 0.2) is 0 Å². The van der Waals surface area contributed by atoms with Crippen molar-refractivity contribution < 1.29 is 24.0 Å². The van der Waals surface area contributed by atoms with Crippen molar-refractivity contribution in [2.75, 3.05) is 0 Å². The predicted molar refractivity (Wildman–Crippen MR) is 43.6 cm³/mol. The summed E-state index contributed by atoms with van der Waals surface area (Å²) < 4.78 is 1.58. The van der Waals surface area contributed by atoms with Gasteiger partial charge in [0, 0.05) is 0 Å². The predicted octanol–water partition coefficient (Wildman–Crippen LogP) is -1.35. The van der Waals surface area contributed by atoms with E-state index >= 15 is 0 Å². The molecule has 0 heterocycles. The normalized spacial score (nSPS) is 9.10. The Balaban J connectivity index is 0.000000810. The molecule has 0 bridgehead atoms. The second-order valence-corrected chi connectivity index (χ2v) is 8.14. The quantitative estimate of drug-likeness (QED) is 0.429. The number of hydrogen-bond acceptors (Lipinski definition) is 0. The average Bonchev–Trinajstić information content (AvgIpc) is 1.90. The number of halogens is 1. The summed E-state index contributed by atoms with van der Waals surface area (Å²) in [7, 11) is 0. The molecule has 2 heteroatoms. The number of benzene rings is 1. The van der Waals surface area contributed by atoms with Crippen LogP contribution >= 0.6 is 0 Å². The molecule has 0 amide bonds. The molecule has 1 aromatic carbocycles. The van der Waals surface area contributed by atoms with E-state index in [1.54, 1.807) is 3.61 Å². The van der Waals surface area contributed by atoms with Gasteiger partial charge in [-0.3, -0.25) is 0 Å². The van der Waals surface area contributed by atoms with Gasteiger partial charge in [-0.15, -0.1) is 0 Å². The fourth-order valence-corrected chi connectivity index (χ4v) is 2.69. The second-order valence-electron chi connectivity index (χ2n) is 2.13. The Kier molecular flexibility index (Phi) is 5.80. The molecular weight excluding hydrogens is 351 g/mol. The van der Waals surface area contributed by atoms with Crippen molar-refractivity contribution in [3.05, 3.63) is 30.3 Å². The first-order valence-electron chi connectivity index (χ1n) is 2.93. The molecule has 1 aromatic rings. The molecule has 0 saturated carbocycles. The van der Waals surface area contributed by atoms with Gasteiger partial charge in [-0.2, -0.15) is 0 Å². The van der Waals surface area contributed by atoms with Crippen LogP contribution in [-0.2, 0) is 0 Å². The van der Waals surface area contributed by atoms with Gasteiger partial charge in [-0.05, 0) is 0 Å². The van der Waals surface area contributed by atoms with Crippen molar-refractivity contribution in [3.8, 4) is 0 Å². The molecule has 0 aliphatic carbocycles. The first-order valence-corrected chi connectivity index (χ1v) is 8.76. The van der Waals surface area contributed by atoms with E-state index in [-0.39, 0.29) is 24.0 Å². The molecule has 0 atom stereocenters. The summed E-state index contributed by atoms with van der Waals surface area (Å²) in [6.07, 6.45) is 0. The molecular formula is C8H11ITe. The maximum atomic E-state index is 2.37. The maximum absolute atomic E-state index is 2.37. The summed E-state index contributed by atoms with van der Waals surface area (Å²) in [6.45, 7) is 0. The van der Waals surface area contributed by atoms with Gasteiger partial charge >= 0.3 is 63.4 Å². The van der Waals surface area contributed by atoms with Crippen LogP contribution in [0.4, 0.5) is 0 Å². The Morgan fingerprint density at radius 1 is 1.00 bits per heavy atom. The topological polar surface area (TPSA) is 0 Å². The zero-order valence-electron chi connectivity index (χ0n) is 6.17. The Hall–Kier alpha value is 0.740. The molecule has 0 aliphatic rings. The van der Waals surface area contributed by atoms with Gasteiger partial charge in [0.05, 0.1) is 0 Å². The van der Waals surface area contributed by atoms with Crippen molar-refractivity contribution in [1.29, 1.82) is 0 Å². The van der Waals surface area contributed by atoms with E-state index in [9.17, 15) is 0 Å². The molecule has 0 spiro atoms. The van der Waals surface area contributed by atoms with Crippen LogP contribution in [0.15, 0.2) is 30.3 Å². The minimum absolute atomic E-state index is 0. The zero-order valence-corrected chi connectivity index (χ0v) is 10.7. The third kappa shape index (κ3) is 3.23. The van der Waals surface area contributed by atoms with Crippen molar-refractivity contribution >= 4 is 23.2 Å². The fraction of sp³-hybridized carbons (Fsp3) is 0.250. The van der Waals surface area contributed by atoms with Gasteiger partial charge in [0.2, 0.25) is 0 Å². The van der Waals surface area contributed by atoms with Gasteiger partial charge < -0.3 is 24.0 Å². The third-order valence-electron chi connectivity index (χ3n) is 1.21. The SMILES string of the molecule is C[Te+](C)c1ccccc1.[I-]. The second kappa shape index (κ2) is 5.40. The van der Waals surface area contributed by atoms with Gasteiger partial charge in [0.1, 0.15) is 0 Å². The van der Waals surface area contributed by atoms with Crippen LogP contribution in [0.3, 0.4) is 0 Å². The van der Waals surface area contributed by atoms with Crippen LogP contribution in [0.1, 0.15) is 0 Å². The minimum Gasteiger partial charge on any atom is -1.00 e. The van der Waals surface area contributed by atoms with Crippen LogP contribution < -0.4 is 27.6 Å². The van der Waals surface area contributed by atoms with Crippen LogP contribution in [-0.4, -0.2) is 19.6 Å². The van der Waals surface area contributed by atoms with Gasteiger partial charge in [-0.1, -0.05) is 0 Å². The summed E-state index contributed by atoms with van der Waals surface area (Å²) >= 11 is -0.795. The molecule has 0 aliphatic heterocycles. The minimum atomic E-state index is -0.795. The first-order chi connectivity index (χ1) is 4.30. The Labute approximate surface area is 86.7 Å². The first kappa shape index (κ1) is 10.7. The molecule has 1 rings (SSSR count). The Morgan fingerprint density at radius 2 is 1.50 bits per heavy atom. The monoisotopic (exact) mass is 364 g/mol. The molecule has 0 fully saturated rings. The molecule has 0 saturated heterocycles. The summed E-state index contributed by atoms with van der Waals surface area (Å²) in [5.74, 6) is 0. The van der Waals surface area contributed by atoms with Gasteiger partial charge in [0.25, 0.3) is 0 Å². The largest absolute Gasteiger partial charge is 1.00 e. The molecule has 0 unspecified atom stereocenters. The van der Waals surface area contributed by atoms with E-state index in [4.69, 9.17) is 0 Å². The van der Waals surface area contributed by atoms with E-state index in [2.05, 4.69) is 40.3 Å². The van der Waals surface area contributed by atoms with E-state index < -0.39 is 19.6 Å². The van der Waals surface area contributed by atoms with Crippen molar-refractivity contribution in [2.24, 2.45) is 0 Å². The van der Waals surface area contributed by atoms with E-state index in [0.717, 1.165) is 0 Å². The summed E-state index contributed by atoms with van der Waals surface area (Å²) in [6, 6.07) is 10.8. The standard InChI is InChI=1S/C8H11Te.HI/c1-9(2)8-6-4-3-5-7-8;/h3-7H,1-2H3;1H/q+1;/p-1. The van der Waals surface area contributed by atoms with Gasteiger partial charge in [-0.25, -0.2) is 0 Å². The zero-order chi connectivity index (χ0) is 6.69. The fourth-order valence-electron chi connectivity index (χ4n) is 0.693. The average molecular weight is 362 g/mol. The Bertz CT molecular complexity index is 172. The van der Waals surface area contributed by atoms with Crippen molar-refractivity contribution in [3.63, 3.8) is 0 Å². The third-order valence-corrected chi connectivity index (χ3v) is 4.68. The molecule has 56 valence electrons. The molecule has 0 nitrogen and oxygen atoms in total. The molecule has 0 radical (unpaired) electrons. The van der Waals surface area contributed by atoms with Crippen molar-refractivity contribution in [2.45, 2.75) is 9.94 Å². The van der Waals surface area contributed by atoms with E-state index in [1.165, 1.54) is 0 Å². The van der Waals surface area contributed by atoms with Crippen LogP contribution in [0.25, 0.3) is 0 Å².